The number of anilines is 1. The molecule has 2 aliphatic rings. The van der Waals surface area contributed by atoms with Crippen LogP contribution < -0.4 is 4.90 Å². The lowest BCUT2D eigenvalue weighted by Crippen LogP contribution is -2.51. The molecule has 1 saturated carbocycles. The molecule has 1 aromatic heterocycles. The van der Waals surface area contributed by atoms with Gasteiger partial charge >= 0.3 is 6.18 Å². The maximum atomic E-state index is 12.5. The van der Waals surface area contributed by atoms with E-state index in [4.69, 9.17) is 0 Å². The van der Waals surface area contributed by atoms with E-state index in [-0.39, 0.29) is 17.8 Å². The molecule has 1 saturated heterocycles. The van der Waals surface area contributed by atoms with Crippen LogP contribution in [0.3, 0.4) is 0 Å². The summed E-state index contributed by atoms with van der Waals surface area (Å²) in [5.74, 6) is 0.656. The first-order valence-corrected chi connectivity index (χ1v) is 8.38. The van der Waals surface area contributed by atoms with E-state index in [2.05, 4.69) is 9.97 Å². The van der Waals surface area contributed by atoms with Gasteiger partial charge in [0.1, 0.15) is 0 Å². The highest BCUT2D eigenvalue weighted by molar-refractivity contribution is 5.79. The molecule has 8 heteroatoms. The van der Waals surface area contributed by atoms with E-state index in [1.54, 1.807) is 0 Å². The van der Waals surface area contributed by atoms with Crippen LogP contribution in [-0.2, 0) is 11.0 Å². The number of rotatable bonds is 2. The summed E-state index contributed by atoms with van der Waals surface area (Å²) >= 11 is 0. The molecule has 1 aromatic rings. The van der Waals surface area contributed by atoms with Crippen LogP contribution in [0.1, 0.15) is 37.7 Å². The van der Waals surface area contributed by atoms with Gasteiger partial charge in [-0.15, -0.1) is 0 Å². The van der Waals surface area contributed by atoms with Gasteiger partial charge < -0.3 is 9.80 Å². The molecule has 3 rings (SSSR count). The highest BCUT2D eigenvalue weighted by Gasteiger charge is 2.32. The Morgan fingerprint density at radius 1 is 1.00 bits per heavy atom. The van der Waals surface area contributed by atoms with Crippen molar-refractivity contribution >= 4 is 11.9 Å². The second-order valence-electron chi connectivity index (χ2n) is 6.42. The van der Waals surface area contributed by atoms with Crippen LogP contribution in [0.5, 0.6) is 0 Å². The molecule has 0 N–H and O–H groups in total. The van der Waals surface area contributed by atoms with Crippen LogP contribution in [0.25, 0.3) is 0 Å². The first-order valence-electron chi connectivity index (χ1n) is 8.38. The van der Waals surface area contributed by atoms with E-state index in [1.165, 1.54) is 6.42 Å². The fourth-order valence-electron chi connectivity index (χ4n) is 3.37. The van der Waals surface area contributed by atoms with Crippen molar-refractivity contribution in [2.45, 2.75) is 38.3 Å². The van der Waals surface area contributed by atoms with Gasteiger partial charge in [-0.3, -0.25) is 4.79 Å². The largest absolute Gasteiger partial charge is 0.419 e. The van der Waals surface area contributed by atoms with E-state index in [9.17, 15) is 18.0 Å². The Bertz CT molecular complexity index is 562. The number of halogens is 3. The van der Waals surface area contributed by atoms with Crippen molar-refractivity contribution < 1.29 is 18.0 Å². The summed E-state index contributed by atoms with van der Waals surface area (Å²) in [7, 11) is 0. The molecule has 24 heavy (non-hydrogen) atoms. The maximum Gasteiger partial charge on any atom is 0.419 e. The zero-order valence-corrected chi connectivity index (χ0v) is 13.4. The molecule has 0 spiro atoms. The molecule has 1 aliphatic heterocycles. The van der Waals surface area contributed by atoms with Gasteiger partial charge in [-0.1, -0.05) is 19.3 Å². The number of nitrogens with zero attached hydrogens (tertiary/aromatic N) is 4. The zero-order valence-electron chi connectivity index (χ0n) is 13.4. The normalized spacial score (nSPS) is 20.3. The van der Waals surface area contributed by atoms with Crippen LogP contribution in [0.2, 0.25) is 0 Å². The minimum atomic E-state index is -4.43. The van der Waals surface area contributed by atoms with Crippen LogP contribution >= 0.6 is 0 Å². The van der Waals surface area contributed by atoms with Gasteiger partial charge in [-0.25, -0.2) is 9.97 Å². The number of hydrogen-bond acceptors (Lipinski definition) is 4. The van der Waals surface area contributed by atoms with E-state index in [0.717, 1.165) is 38.1 Å². The highest BCUT2D eigenvalue weighted by Crippen LogP contribution is 2.29. The van der Waals surface area contributed by atoms with Gasteiger partial charge in [0.2, 0.25) is 11.9 Å². The van der Waals surface area contributed by atoms with Gasteiger partial charge in [-0.05, 0) is 12.8 Å². The molecule has 0 atom stereocenters. The smallest absolute Gasteiger partial charge is 0.339 e. The molecule has 2 fully saturated rings. The topological polar surface area (TPSA) is 49.3 Å². The van der Waals surface area contributed by atoms with Gasteiger partial charge in [-0.2, -0.15) is 13.2 Å². The summed E-state index contributed by atoms with van der Waals surface area (Å²) in [6, 6.07) is 0. The number of carbonyl (C=O) groups excluding carboxylic acids is 1. The third kappa shape index (κ3) is 3.79. The fourth-order valence-corrected chi connectivity index (χ4v) is 3.37. The van der Waals surface area contributed by atoms with E-state index in [0.29, 0.717) is 26.2 Å². The molecule has 5 nitrogen and oxygen atoms in total. The first kappa shape index (κ1) is 17.0. The summed E-state index contributed by atoms with van der Waals surface area (Å²) in [6.07, 6.45) is 2.59. The monoisotopic (exact) mass is 342 g/mol. The Labute approximate surface area is 138 Å². The predicted molar refractivity (Wildman–Crippen MR) is 82.4 cm³/mol. The summed E-state index contributed by atoms with van der Waals surface area (Å²) in [6.45, 7) is 2.23. The average Bonchev–Trinajstić information content (AvgIpc) is 2.61. The van der Waals surface area contributed by atoms with Crippen molar-refractivity contribution in [2.24, 2.45) is 5.92 Å². The van der Waals surface area contributed by atoms with E-state index < -0.39 is 11.7 Å². The van der Waals surface area contributed by atoms with E-state index >= 15 is 0 Å². The molecule has 0 unspecified atom stereocenters. The van der Waals surface area contributed by atoms with Gasteiger partial charge in [0.15, 0.2) is 0 Å². The van der Waals surface area contributed by atoms with Crippen LogP contribution in [-0.4, -0.2) is 47.0 Å². The molecule has 1 aliphatic carbocycles. The number of carbonyl (C=O) groups is 1. The predicted octanol–water partition coefficient (Wildman–Crippen LogP) is 2.72. The average molecular weight is 342 g/mol. The Morgan fingerprint density at radius 3 is 2.12 bits per heavy atom. The van der Waals surface area contributed by atoms with Crippen molar-refractivity contribution in [1.82, 2.24) is 14.9 Å². The van der Waals surface area contributed by atoms with Crippen LogP contribution in [0.4, 0.5) is 19.1 Å². The lowest BCUT2D eigenvalue weighted by Gasteiger charge is -2.37. The Kier molecular flexibility index (Phi) is 4.91. The van der Waals surface area contributed by atoms with E-state index in [1.807, 2.05) is 9.80 Å². The van der Waals surface area contributed by atoms with Crippen LogP contribution in [0, 0.1) is 5.92 Å². The SMILES string of the molecule is O=C(C1CCCCC1)N1CCN(c2ncc(C(F)(F)F)cn2)CC1. The maximum absolute atomic E-state index is 12.5. The Balaban J connectivity index is 1.55. The number of hydrogen-bond donors (Lipinski definition) is 0. The minimum Gasteiger partial charge on any atom is -0.339 e. The number of aromatic nitrogens is 2. The summed E-state index contributed by atoms with van der Waals surface area (Å²) < 4.78 is 37.6. The Morgan fingerprint density at radius 2 is 1.58 bits per heavy atom. The van der Waals surface area contributed by atoms with Crippen molar-refractivity contribution in [3.8, 4) is 0 Å². The standard InChI is InChI=1S/C16H21F3N4O/c17-16(18,19)13-10-20-15(21-11-13)23-8-6-22(7-9-23)14(24)12-4-2-1-3-5-12/h10-12H,1-9H2. The summed E-state index contributed by atoms with van der Waals surface area (Å²) in [5.41, 5.74) is -0.850. The molecule has 0 bridgehead atoms. The lowest BCUT2D eigenvalue weighted by molar-refractivity contribution is -0.138. The number of amides is 1. The first-order chi connectivity index (χ1) is 11.4. The highest BCUT2D eigenvalue weighted by atomic mass is 19.4. The van der Waals surface area contributed by atoms with Crippen molar-refractivity contribution in [3.63, 3.8) is 0 Å². The minimum absolute atomic E-state index is 0.146. The number of alkyl halides is 3. The number of piperazine rings is 1. The second kappa shape index (κ2) is 6.94. The molecule has 2 heterocycles. The molecular weight excluding hydrogens is 321 g/mol. The summed E-state index contributed by atoms with van der Waals surface area (Å²) in [5, 5.41) is 0. The van der Waals surface area contributed by atoms with Crippen molar-refractivity contribution in [2.75, 3.05) is 31.1 Å². The zero-order chi connectivity index (χ0) is 17.2. The molecule has 132 valence electrons. The Hall–Kier alpha value is -1.86. The second-order valence-corrected chi connectivity index (χ2v) is 6.42. The lowest BCUT2D eigenvalue weighted by atomic mass is 9.88. The van der Waals surface area contributed by atoms with Gasteiger partial charge in [0.25, 0.3) is 0 Å². The fraction of sp³-hybridized carbons (Fsp3) is 0.688. The molecular formula is C16H21F3N4O. The molecule has 0 radical (unpaired) electrons. The molecule has 1 amide bonds. The third-order valence-corrected chi connectivity index (χ3v) is 4.79. The third-order valence-electron chi connectivity index (χ3n) is 4.79. The van der Waals surface area contributed by atoms with Gasteiger partial charge in [0.05, 0.1) is 5.56 Å². The van der Waals surface area contributed by atoms with Crippen molar-refractivity contribution in [3.05, 3.63) is 18.0 Å². The van der Waals surface area contributed by atoms with Crippen molar-refractivity contribution in [1.29, 1.82) is 0 Å². The molecule has 0 aromatic carbocycles. The summed E-state index contributed by atoms with van der Waals surface area (Å²) in [4.78, 5) is 23.8. The van der Waals surface area contributed by atoms with Crippen LogP contribution in [0.15, 0.2) is 12.4 Å². The quantitative estimate of drug-likeness (QED) is 0.829. The van der Waals surface area contributed by atoms with Gasteiger partial charge in [0, 0.05) is 44.5 Å².